The van der Waals surface area contributed by atoms with Gasteiger partial charge >= 0.3 is 0 Å². The zero-order chi connectivity index (χ0) is 47.1. The van der Waals surface area contributed by atoms with E-state index in [2.05, 4.69) is 225 Å². The Morgan fingerprint density at radius 1 is 0.310 bits per heavy atom. The van der Waals surface area contributed by atoms with Gasteiger partial charge in [-0.3, -0.25) is 9.13 Å². The first-order valence-corrected chi connectivity index (χ1v) is 23.6. The van der Waals surface area contributed by atoms with Crippen LogP contribution in [-0.2, 0) is 0 Å². The van der Waals surface area contributed by atoms with E-state index < -0.39 is 0 Å². The molecule has 9 aromatic carbocycles. The summed E-state index contributed by atoms with van der Waals surface area (Å²) < 4.78 is 4.47. The highest BCUT2D eigenvalue weighted by atomic mass is 15.1. The van der Waals surface area contributed by atoms with Crippen LogP contribution in [0.5, 0.6) is 0 Å². The van der Waals surface area contributed by atoms with Gasteiger partial charge in [-0.25, -0.2) is 24.9 Å². The molecule has 13 aromatic rings. The molecule has 8 heteroatoms. The van der Waals surface area contributed by atoms with Crippen LogP contribution >= 0.6 is 0 Å². The molecule has 8 nitrogen and oxygen atoms in total. The minimum atomic E-state index is 0.561. The van der Waals surface area contributed by atoms with Crippen LogP contribution in [0, 0.1) is 0 Å². The summed E-state index contributed by atoms with van der Waals surface area (Å²) in [6.45, 7) is 0. The van der Waals surface area contributed by atoms with Crippen LogP contribution in [0.1, 0.15) is 0 Å². The fourth-order valence-electron chi connectivity index (χ4n) is 9.55. The zero-order valence-electron chi connectivity index (χ0n) is 38.3. The second kappa shape index (κ2) is 17.7. The largest absolute Gasteiger partial charge is 0.342 e. The number of rotatable bonds is 10. The molecular formula is C63H42N8. The van der Waals surface area contributed by atoms with Crippen molar-refractivity contribution in [2.75, 3.05) is 0 Å². The predicted molar refractivity (Wildman–Crippen MR) is 287 cm³/mol. The zero-order valence-corrected chi connectivity index (χ0v) is 38.3. The molecule has 4 heterocycles. The number of benzene rings is 9. The van der Waals surface area contributed by atoms with Gasteiger partial charge in [-0.1, -0.05) is 164 Å². The van der Waals surface area contributed by atoms with Crippen molar-refractivity contribution in [3.8, 4) is 102 Å². The molecule has 334 valence electrons. The van der Waals surface area contributed by atoms with Gasteiger partial charge in [0.1, 0.15) is 17.3 Å². The fraction of sp³-hybridized carbons (Fsp3) is 0. The van der Waals surface area contributed by atoms with Gasteiger partial charge in [0.25, 0.3) is 0 Å². The van der Waals surface area contributed by atoms with E-state index in [-0.39, 0.29) is 0 Å². The second-order valence-corrected chi connectivity index (χ2v) is 17.5. The molecule has 4 aromatic heterocycles. The highest BCUT2D eigenvalue weighted by molar-refractivity contribution is 5.87. The summed E-state index contributed by atoms with van der Waals surface area (Å²) in [4.78, 5) is 28.2. The number of hydrogen-bond acceptors (Lipinski definition) is 5. The molecule has 71 heavy (non-hydrogen) atoms. The van der Waals surface area contributed by atoms with Crippen LogP contribution in [0.15, 0.2) is 249 Å². The third-order valence-corrected chi connectivity index (χ3v) is 13.1. The lowest BCUT2D eigenvalue weighted by atomic mass is 9.93. The summed E-state index contributed by atoms with van der Waals surface area (Å²) in [5, 5.41) is 0. The molecule has 0 fully saturated rings. The van der Waals surface area contributed by atoms with E-state index in [1.54, 1.807) is 12.5 Å². The number of H-pyrrole nitrogens is 1. The standard InChI is InChI=1S/C63H42N8/c1-4-14-42(15-5-1)43-24-30-46(31-25-43)56-39-57(67-61(66-56)58-40-64-41-65-58)51-37-49(44-26-32-47(33-27-44)62-68-54-20-10-12-22-59(54)70(62)52-16-6-2-7-17-52)36-50(38-51)45-28-34-48(35-29-45)63-69-55-21-11-13-23-60(55)71(63)53-18-8-3-9-19-53/h1-41H,(H,64,65). The Bertz CT molecular complexity index is 3810. The number of hydrogen-bond donors (Lipinski definition) is 1. The maximum Gasteiger partial charge on any atom is 0.178 e. The maximum absolute atomic E-state index is 5.23. The summed E-state index contributed by atoms with van der Waals surface area (Å²) in [5.41, 5.74) is 19.0. The van der Waals surface area contributed by atoms with Crippen LogP contribution in [0.4, 0.5) is 0 Å². The van der Waals surface area contributed by atoms with E-state index in [0.717, 1.165) is 118 Å². The first-order valence-electron chi connectivity index (χ1n) is 23.6. The van der Waals surface area contributed by atoms with Gasteiger partial charge in [0.15, 0.2) is 5.82 Å². The maximum atomic E-state index is 5.23. The summed E-state index contributed by atoms with van der Waals surface area (Å²) in [7, 11) is 0. The minimum absolute atomic E-state index is 0.561. The van der Waals surface area contributed by atoms with Crippen molar-refractivity contribution in [3.63, 3.8) is 0 Å². The quantitative estimate of drug-likeness (QED) is 0.148. The lowest BCUT2D eigenvalue weighted by molar-refractivity contribution is 1.10. The van der Waals surface area contributed by atoms with E-state index in [9.17, 15) is 0 Å². The number of para-hydroxylation sites is 6. The smallest absolute Gasteiger partial charge is 0.178 e. The summed E-state index contributed by atoms with van der Waals surface area (Å²) >= 11 is 0. The van der Waals surface area contributed by atoms with Crippen molar-refractivity contribution in [2.24, 2.45) is 0 Å². The molecule has 0 aliphatic heterocycles. The SMILES string of the molecule is c1ccc(-c2ccc(-c3cc(-c4cc(-c5ccc(-c6nc7ccccc7n6-c6ccccc6)cc5)cc(-c5ccc(-c6nc7ccccc7n6-c6ccccc6)cc5)c4)nc(-c4cnc[nH]4)n3)cc2)cc1. The first kappa shape index (κ1) is 41.4. The van der Waals surface area contributed by atoms with Crippen molar-refractivity contribution >= 4 is 22.1 Å². The topological polar surface area (TPSA) is 90.1 Å². The van der Waals surface area contributed by atoms with Crippen LogP contribution in [0.25, 0.3) is 124 Å². The van der Waals surface area contributed by atoms with E-state index >= 15 is 0 Å². The predicted octanol–water partition coefficient (Wildman–Crippen LogP) is 15.2. The number of imidazole rings is 3. The van der Waals surface area contributed by atoms with Gasteiger partial charge < -0.3 is 4.98 Å². The van der Waals surface area contributed by atoms with Crippen LogP contribution < -0.4 is 0 Å². The Hall–Kier alpha value is -9.79. The molecule has 0 unspecified atom stereocenters. The van der Waals surface area contributed by atoms with Crippen molar-refractivity contribution in [1.82, 2.24) is 39.0 Å². The Morgan fingerprint density at radius 3 is 1.20 bits per heavy atom. The number of nitrogens with one attached hydrogen (secondary N) is 1. The van der Waals surface area contributed by atoms with Crippen molar-refractivity contribution in [1.29, 1.82) is 0 Å². The number of aromatic amines is 1. The molecule has 0 amide bonds. The summed E-state index contributed by atoms with van der Waals surface area (Å²) in [5.74, 6) is 2.33. The van der Waals surface area contributed by atoms with Crippen molar-refractivity contribution in [2.45, 2.75) is 0 Å². The molecule has 0 aliphatic carbocycles. The number of fused-ring (bicyclic) bond motifs is 2. The van der Waals surface area contributed by atoms with Crippen LogP contribution in [0.2, 0.25) is 0 Å². The first-order chi connectivity index (χ1) is 35.2. The molecule has 13 rings (SSSR count). The van der Waals surface area contributed by atoms with Crippen molar-refractivity contribution < 1.29 is 0 Å². The molecule has 0 bridgehead atoms. The Balaban J connectivity index is 0.944. The Labute approximate surface area is 410 Å². The van der Waals surface area contributed by atoms with Gasteiger partial charge in [-0.05, 0) is 106 Å². The van der Waals surface area contributed by atoms with E-state index in [4.69, 9.17) is 19.9 Å². The van der Waals surface area contributed by atoms with Gasteiger partial charge in [0, 0.05) is 33.6 Å². The minimum Gasteiger partial charge on any atom is -0.342 e. The van der Waals surface area contributed by atoms with Gasteiger partial charge in [-0.2, -0.15) is 0 Å². The molecule has 0 saturated heterocycles. The lowest BCUT2D eigenvalue weighted by Gasteiger charge is -2.14. The highest BCUT2D eigenvalue weighted by Crippen LogP contribution is 2.38. The summed E-state index contributed by atoms with van der Waals surface area (Å²) in [6, 6.07) is 82.7. The van der Waals surface area contributed by atoms with E-state index in [1.807, 2.05) is 30.3 Å². The average molecular weight is 911 g/mol. The second-order valence-electron chi connectivity index (χ2n) is 17.5. The average Bonchev–Trinajstić information content (AvgIpc) is 4.23. The Kier molecular flexibility index (Phi) is 10.3. The lowest BCUT2D eigenvalue weighted by Crippen LogP contribution is -1.98. The molecule has 0 atom stereocenters. The molecule has 0 radical (unpaired) electrons. The summed E-state index contributed by atoms with van der Waals surface area (Å²) in [6.07, 6.45) is 3.43. The Morgan fingerprint density at radius 2 is 0.704 bits per heavy atom. The molecular weight excluding hydrogens is 869 g/mol. The molecule has 1 N–H and O–H groups in total. The highest BCUT2D eigenvalue weighted by Gasteiger charge is 2.19. The van der Waals surface area contributed by atoms with Gasteiger partial charge in [0.05, 0.1) is 46.0 Å². The van der Waals surface area contributed by atoms with Gasteiger partial charge in [0.2, 0.25) is 0 Å². The van der Waals surface area contributed by atoms with Crippen LogP contribution in [0.3, 0.4) is 0 Å². The molecule has 0 aliphatic rings. The normalized spacial score (nSPS) is 11.4. The number of aromatic nitrogens is 8. The molecule has 0 saturated carbocycles. The number of nitrogens with zero attached hydrogens (tertiary/aromatic N) is 7. The fourth-order valence-corrected chi connectivity index (χ4v) is 9.55. The van der Waals surface area contributed by atoms with E-state index in [1.165, 1.54) is 0 Å². The third-order valence-electron chi connectivity index (χ3n) is 13.1. The van der Waals surface area contributed by atoms with Gasteiger partial charge in [-0.15, -0.1) is 0 Å². The third kappa shape index (κ3) is 7.85. The molecule has 0 spiro atoms. The van der Waals surface area contributed by atoms with E-state index in [0.29, 0.717) is 5.82 Å². The van der Waals surface area contributed by atoms with Crippen molar-refractivity contribution in [3.05, 3.63) is 249 Å². The van der Waals surface area contributed by atoms with Crippen LogP contribution in [-0.4, -0.2) is 39.0 Å². The monoisotopic (exact) mass is 910 g/mol.